The largest absolute Gasteiger partial charge is 0.386 e. The van der Waals surface area contributed by atoms with E-state index in [4.69, 9.17) is 19.2 Å². The number of carbonyl (C=O) groups is 1. The number of methoxy groups -OCH3 is 1. The molecule has 1 saturated heterocycles. The molecule has 190 valence electrons. The molecule has 1 aromatic carbocycles. The van der Waals surface area contributed by atoms with Gasteiger partial charge < -0.3 is 35.1 Å². The normalized spacial score (nSPS) is 23.9. The van der Waals surface area contributed by atoms with Crippen molar-refractivity contribution in [2.45, 2.75) is 37.7 Å². The summed E-state index contributed by atoms with van der Waals surface area (Å²) >= 11 is 0. The van der Waals surface area contributed by atoms with Crippen molar-refractivity contribution in [2.75, 3.05) is 56.0 Å². The number of hydrogen-bond acceptors (Lipinski definition) is 9. The maximum Gasteiger partial charge on any atom is 0.328 e. The minimum absolute atomic E-state index is 0.0276. The number of nitrogens with one attached hydrogen (secondary N) is 3. The summed E-state index contributed by atoms with van der Waals surface area (Å²) in [6.45, 7) is 3.21. The monoisotopic (exact) mass is 493 g/mol. The highest BCUT2D eigenvalue weighted by molar-refractivity contribution is 5.94. The number of hydrogen-bond donors (Lipinski definition) is 3. The molecule has 1 aliphatic carbocycles. The van der Waals surface area contributed by atoms with E-state index in [0.29, 0.717) is 36.8 Å². The zero-order valence-electron chi connectivity index (χ0n) is 20.5. The Morgan fingerprint density at radius 1 is 1.22 bits per heavy atom. The third-order valence-corrected chi connectivity index (χ3v) is 7.08. The minimum Gasteiger partial charge on any atom is -0.386 e. The predicted octanol–water partition coefficient (Wildman–Crippen LogP) is 2.69. The molecule has 2 aliphatic heterocycles. The lowest BCUT2D eigenvalue weighted by Crippen LogP contribution is -2.52. The molecule has 4 heterocycles. The fourth-order valence-corrected chi connectivity index (χ4v) is 5.06. The third kappa shape index (κ3) is 4.34. The number of imidazole rings is 1. The summed E-state index contributed by atoms with van der Waals surface area (Å²) in [5, 5.41) is 9.72. The molecular formula is C25H31N7O4. The first-order valence-electron chi connectivity index (χ1n) is 12.4. The van der Waals surface area contributed by atoms with Gasteiger partial charge in [-0.15, -0.1) is 0 Å². The summed E-state index contributed by atoms with van der Waals surface area (Å²) in [7, 11) is 3.53. The highest BCUT2D eigenvalue weighted by atomic mass is 16.5. The molecule has 2 fully saturated rings. The molecule has 11 heteroatoms. The van der Waals surface area contributed by atoms with Gasteiger partial charge in [0.25, 0.3) is 0 Å². The zero-order chi connectivity index (χ0) is 24.6. The summed E-state index contributed by atoms with van der Waals surface area (Å²) in [5.41, 5.74) is 4.96. The Balaban J connectivity index is 1.41. The lowest BCUT2D eigenvalue weighted by Gasteiger charge is -2.37. The Morgan fingerprint density at radius 2 is 2.14 bits per heavy atom. The van der Waals surface area contributed by atoms with Gasteiger partial charge in [0.05, 0.1) is 43.8 Å². The van der Waals surface area contributed by atoms with Gasteiger partial charge in [0, 0.05) is 44.7 Å². The Kier molecular flexibility index (Phi) is 6.12. The quantitative estimate of drug-likeness (QED) is 0.505. The predicted molar refractivity (Wildman–Crippen MR) is 136 cm³/mol. The summed E-state index contributed by atoms with van der Waals surface area (Å²) in [5.74, 6) is 0.614. The van der Waals surface area contributed by atoms with Gasteiger partial charge >= 0.3 is 6.03 Å². The van der Waals surface area contributed by atoms with Crippen LogP contribution in [0.25, 0.3) is 11.2 Å². The average Bonchev–Trinajstić information content (AvgIpc) is 3.30. The van der Waals surface area contributed by atoms with Crippen molar-refractivity contribution in [3.63, 3.8) is 0 Å². The number of pyridine rings is 1. The topological polar surface area (TPSA) is 115 Å². The second kappa shape index (κ2) is 9.57. The summed E-state index contributed by atoms with van der Waals surface area (Å²) in [4.78, 5) is 24.6. The first-order valence-corrected chi connectivity index (χ1v) is 12.4. The van der Waals surface area contributed by atoms with Crippen LogP contribution >= 0.6 is 0 Å². The molecule has 3 aromatic rings. The SMILES string of the molecule is CNc1cc2nc3c1ncn3C(=O)N[C@@H]1CC[C@H]1OCc1cc(cc(N3CCO[C@H](COC)C3)c1)N2. The van der Waals surface area contributed by atoms with Gasteiger partial charge in [-0.05, 0) is 36.6 Å². The molecule has 11 nitrogen and oxygen atoms in total. The van der Waals surface area contributed by atoms with Crippen molar-refractivity contribution in [3.8, 4) is 0 Å². The average molecular weight is 494 g/mol. The molecule has 4 bridgehead atoms. The van der Waals surface area contributed by atoms with Gasteiger partial charge in [-0.2, -0.15) is 0 Å². The molecule has 3 aliphatic rings. The summed E-state index contributed by atoms with van der Waals surface area (Å²) in [6, 6.07) is 7.99. The van der Waals surface area contributed by atoms with Crippen LogP contribution in [0, 0.1) is 0 Å². The second-order valence-electron chi connectivity index (χ2n) is 9.48. The molecular weight excluding hydrogens is 462 g/mol. The van der Waals surface area contributed by atoms with Crippen LogP contribution in [0.1, 0.15) is 18.4 Å². The van der Waals surface area contributed by atoms with Gasteiger partial charge in [0.15, 0.2) is 5.65 Å². The van der Waals surface area contributed by atoms with Crippen molar-refractivity contribution >= 4 is 40.1 Å². The molecule has 1 amide bonds. The van der Waals surface area contributed by atoms with Gasteiger partial charge in [0.2, 0.25) is 0 Å². The molecule has 0 spiro atoms. The number of nitrogens with zero attached hydrogens (tertiary/aromatic N) is 4. The molecule has 36 heavy (non-hydrogen) atoms. The van der Waals surface area contributed by atoms with E-state index in [9.17, 15) is 4.79 Å². The number of morpholine rings is 1. The molecule has 3 atom stereocenters. The van der Waals surface area contributed by atoms with Crippen LogP contribution in [0.3, 0.4) is 0 Å². The molecule has 1 saturated carbocycles. The van der Waals surface area contributed by atoms with E-state index < -0.39 is 0 Å². The van der Waals surface area contributed by atoms with Crippen LogP contribution in [0.4, 0.5) is 27.7 Å². The molecule has 0 radical (unpaired) electrons. The number of amides is 1. The lowest BCUT2D eigenvalue weighted by molar-refractivity contribution is -0.0323. The van der Waals surface area contributed by atoms with Gasteiger partial charge in [-0.1, -0.05) is 0 Å². The molecule has 6 rings (SSSR count). The number of benzene rings is 1. The van der Waals surface area contributed by atoms with E-state index in [1.54, 1.807) is 7.11 Å². The Bertz CT molecular complexity index is 1280. The Morgan fingerprint density at radius 3 is 2.94 bits per heavy atom. The number of rotatable bonds is 4. The van der Waals surface area contributed by atoms with Gasteiger partial charge in [0.1, 0.15) is 17.7 Å². The minimum atomic E-state index is -0.252. The van der Waals surface area contributed by atoms with Gasteiger partial charge in [-0.25, -0.2) is 19.3 Å². The van der Waals surface area contributed by atoms with E-state index >= 15 is 0 Å². The molecule has 3 N–H and O–H groups in total. The number of anilines is 4. The fourth-order valence-electron chi connectivity index (χ4n) is 5.06. The molecule has 0 unspecified atom stereocenters. The van der Waals surface area contributed by atoms with Crippen LogP contribution in [-0.4, -0.2) is 79.3 Å². The van der Waals surface area contributed by atoms with Crippen LogP contribution in [0.15, 0.2) is 30.6 Å². The number of ether oxygens (including phenoxy) is 3. The van der Waals surface area contributed by atoms with E-state index in [0.717, 1.165) is 48.6 Å². The first-order chi connectivity index (χ1) is 17.6. The van der Waals surface area contributed by atoms with Crippen molar-refractivity contribution < 1.29 is 19.0 Å². The summed E-state index contributed by atoms with van der Waals surface area (Å²) in [6.07, 6.45) is 3.31. The van der Waals surface area contributed by atoms with Crippen molar-refractivity contribution in [3.05, 3.63) is 36.2 Å². The highest BCUT2D eigenvalue weighted by Crippen LogP contribution is 2.32. The van der Waals surface area contributed by atoms with Crippen molar-refractivity contribution in [1.29, 1.82) is 0 Å². The number of fused-ring (bicyclic) bond motifs is 4. The van der Waals surface area contributed by atoms with Crippen LogP contribution in [0.5, 0.6) is 0 Å². The van der Waals surface area contributed by atoms with E-state index in [1.165, 1.54) is 10.9 Å². The smallest absolute Gasteiger partial charge is 0.328 e. The number of carbonyl (C=O) groups excluding carboxylic acids is 1. The van der Waals surface area contributed by atoms with E-state index in [2.05, 4.69) is 44.0 Å². The Labute approximate surface area is 209 Å². The van der Waals surface area contributed by atoms with Crippen LogP contribution in [-0.2, 0) is 20.8 Å². The lowest BCUT2D eigenvalue weighted by atomic mass is 9.89. The third-order valence-electron chi connectivity index (χ3n) is 7.08. The summed E-state index contributed by atoms with van der Waals surface area (Å²) < 4.78 is 18.9. The second-order valence-corrected chi connectivity index (χ2v) is 9.48. The molecule has 2 aromatic heterocycles. The fraction of sp³-hybridized carbons (Fsp3) is 0.480. The number of aromatic nitrogens is 3. The maximum absolute atomic E-state index is 13.1. The van der Waals surface area contributed by atoms with E-state index in [1.807, 2.05) is 13.1 Å². The van der Waals surface area contributed by atoms with Crippen molar-refractivity contribution in [1.82, 2.24) is 19.9 Å². The maximum atomic E-state index is 13.1. The van der Waals surface area contributed by atoms with Gasteiger partial charge in [-0.3, -0.25) is 0 Å². The zero-order valence-corrected chi connectivity index (χ0v) is 20.5. The standard InChI is InChI=1S/C25H31N7O4/c1-26-20-10-22-28-16-7-15(8-17(9-16)31-5-6-35-18(11-31)13-34-2)12-36-21-4-3-19(21)29-25(33)32-14-27-23(20)24(32)30-22/h7-10,14,18-19,21H,3-6,11-13H2,1-2H3,(H,29,33)(H2,26,28,30)/t18-,19+,21+/m0/s1. The van der Waals surface area contributed by atoms with Crippen molar-refractivity contribution in [2.24, 2.45) is 0 Å². The van der Waals surface area contributed by atoms with Crippen LogP contribution in [0.2, 0.25) is 0 Å². The van der Waals surface area contributed by atoms with Crippen LogP contribution < -0.4 is 20.9 Å². The Hall–Kier alpha value is -3.41. The first kappa shape index (κ1) is 23.0. The van der Waals surface area contributed by atoms with E-state index in [-0.39, 0.29) is 24.3 Å². The highest BCUT2D eigenvalue weighted by Gasteiger charge is 2.34.